The highest BCUT2D eigenvalue weighted by atomic mass is 35.5. The van der Waals surface area contributed by atoms with E-state index in [0.717, 1.165) is 18.0 Å². The van der Waals surface area contributed by atoms with Gasteiger partial charge in [-0.05, 0) is 19.4 Å². The van der Waals surface area contributed by atoms with Crippen LogP contribution in [0.5, 0.6) is 0 Å². The number of hydrogen-bond donors (Lipinski definition) is 1. The van der Waals surface area contributed by atoms with E-state index in [1.54, 1.807) is 0 Å². The molecule has 0 fully saturated rings. The van der Waals surface area contributed by atoms with E-state index >= 15 is 0 Å². The first kappa shape index (κ1) is 10.6. The van der Waals surface area contributed by atoms with Gasteiger partial charge in [-0.3, -0.25) is 0 Å². The van der Waals surface area contributed by atoms with Gasteiger partial charge in [0.1, 0.15) is 0 Å². The lowest BCUT2D eigenvalue weighted by atomic mass is 10.2. The molecule has 1 heterocycles. The Morgan fingerprint density at radius 2 is 2.31 bits per heavy atom. The summed E-state index contributed by atoms with van der Waals surface area (Å²) in [5, 5.41) is 4.23. The van der Waals surface area contributed by atoms with Crippen molar-refractivity contribution >= 4 is 11.6 Å². The van der Waals surface area contributed by atoms with Gasteiger partial charge in [-0.1, -0.05) is 18.5 Å². The van der Waals surface area contributed by atoms with E-state index in [-0.39, 0.29) is 0 Å². The second kappa shape index (κ2) is 4.68. The number of nitrogens with one attached hydrogen (secondary N) is 1. The zero-order valence-electron chi connectivity index (χ0n) is 8.47. The van der Waals surface area contributed by atoms with Gasteiger partial charge in [0.2, 0.25) is 0 Å². The van der Waals surface area contributed by atoms with Crippen molar-refractivity contribution in [2.24, 2.45) is 7.05 Å². The van der Waals surface area contributed by atoms with Crippen LogP contribution in [0.1, 0.15) is 26.0 Å². The highest BCUT2D eigenvalue weighted by molar-refractivity contribution is 6.30. The van der Waals surface area contributed by atoms with Crippen LogP contribution in [0.25, 0.3) is 0 Å². The smallest absolute Gasteiger partial charge is 0.0585 e. The molecular weight excluding hydrogens is 184 g/mol. The summed E-state index contributed by atoms with van der Waals surface area (Å²) in [6, 6.07) is 2.56. The maximum absolute atomic E-state index is 5.87. The Morgan fingerprint density at radius 3 is 2.77 bits per heavy atom. The minimum absolute atomic E-state index is 0.564. The summed E-state index contributed by atoms with van der Waals surface area (Å²) in [6.07, 6.45) is 3.08. The normalized spacial score (nSPS) is 13.2. The summed E-state index contributed by atoms with van der Waals surface area (Å²) in [4.78, 5) is 0. The van der Waals surface area contributed by atoms with E-state index in [1.807, 2.05) is 19.3 Å². The summed E-state index contributed by atoms with van der Waals surface area (Å²) in [5.41, 5.74) is 1.23. The molecule has 1 rings (SSSR count). The Hall–Kier alpha value is -0.470. The topological polar surface area (TPSA) is 17.0 Å². The van der Waals surface area contributed by atoms with Crippen LogP contribution < -0.4 is 5.32 Å². The van der Waals surface area contributed by atoms with Crippen LogP contribution in [0, 0.1) is 0 Å². The first-order valence-electron chi connectivity index (χ1n) is 4.67. The predicted octanol–water partition coefficient (Wildman–Crippen LogP) is 2.57. The summed E-state index contributed by atoms with van der Waals surface area (Å²) in [7, 11) is 2.01. The average molecular weight is 201 g/mol. The van der Waals surface area contributed by atoms with Gasteiger partial charge in [0.25, 0.3) is 0 Å². The monoisotopic (exact) mass is 200 g/mol. The quantitative estimate of drug-likeness (QED) is 0.791. The number of nitrogens with zero attached hydrogens (tertiary/aromatic N) is 1. The Kier molecular flexibility index (Phi) is 3.82. The highest BCUT2D eigenvalue weighted by Gasteiger charge is 2.02. The molecule has 13 heavy (non-hydrogen) atoms. The Labute approximate surface area is 84.9 Å². The number of hydrogen-bond acceptors (Lipinski definition) is 1. The Bertz CT molecular complexity index is 268. The van der Waals surface area contributed by atoms with Crippen molar-refractivity contribution in [1.29, 1.82) is 0 Å². The number of aryl methyl sites for hydroxylation is 1. The second-order valence-corrected chi connectivity index (χ2v) is 3.89. The molecule has 0 spiro atoms. The molecule has 0 radical (unpaired) electrons. The van der Waals surface area contributed by atoms with Crippen LogP contribution in [-0.2, 0) is 13.6 Å². The van der Waals surface area contributed by atoms with Crippen molar-refractivity contribution in [3.63, 3.8) is 0 Å². The molecule has 1 N–H and O–H groups in total. The van der Waals surface area contributed by atoms with Gasteiger partial charge in [-0.2, -0.15) is 0 Å². The van der Waals surface area contributed by atoms with Crippen LogP contribution in [0.4, 0.5) is 0 Å². The van der Waals surface area contributed by atoms with Crippen LogP contribution in [0.15, 0.2) is 12.3 Å². The zero-order valence-corrected chi connectivity index (χ0v) is 9.23. The van der Waals surface area contributed by atoms with E-state index in [1.165, 1.54) is 5.69 Å². The number of halogens is 1. The first-order chi connectivity index (χ1) is 6.13. The van der Waals surface area contributed by atoms with Gasteiger partial charge in [0, 0.05) is 31.5 Å². The van der Waals surface area contributed by atoms with Crippen molar-refractivity contribution in [3.8, 4) is 0 Å². The molecule has 0 aromatic carbocycles. The summed E-state index contributed by atoms with van der Waals surface area (Å²) >= 11 is 5.87. The third-order valence-electron chi connectivity index (χ3n) is 2.32. The van der Waals surface area contributed by atoms with Crippen molar-refractivity contribution in [2.75, 3.05) is 0 Å². The highest BCUT2D eigenvalue weighted by Crippen LogP contribution is 2.12. The number of aromatic nitrogens is 1. The van der Waals surface area contributed by atoms with Crippen LogP contribution in [0.2, 0.25) is 5.02 Å². The van der Waals surface area contributed by atoms with Gasteiger partial charge in [-0.25, -0.2) is 0 Å². The lowest BCUT2D eigenvalue weighted by molar-refractivity contribution is 0.522. The predicted molar refractivity (Wildman–Crippen MR) is 57.0 cm³/mol. The standard InChI is InChI=1S/C10H17ClN2/c1-4-8(2)12-6-10-5-9(11)7-13(10)3/h5,7-8,12H,4,6H2,1-3H3. The lowest BCUT2D eigenvalue weighted by Gasteiger charge is -2.11. The van der Waals surface area contributed by atoms with E-state index in [2.05, 4.69) is 23.7 Å². The Balaban J connectivity index is 2.49. The van der Waals surface area contributed by atoms with Crippen molar-refractivity contribution in [2.45, 2.75) is 32.9 Å². The Morgan fingerprint density at radius 1 is 1.62 bits per heavy atom. The fraction of sp³-hybridized carbons (Fsp3) is 0.600. The van der Waals surface area contributed by atoms with E-state index in [0.29, 0.717) is 6.04 Å². The van der Waals surface area contributed by atoms with Crippen molar-refractivity contribution < 1.29 is 0 Å². The summed E-state index contributed by atoms with van der Waals surface area (Å²) < 4.78 is 2.05. The molecule has 1 aromatic rings. The largest absolute Gasteiger partial charge is 0.352 e. The third-order valence-corrected chi connectivity index (χ3v) is 2.53. The molecule has 0 bridgehead atoms. The molecule has 3 heteroatoms. The van der Waals surface area contributed by atoms with E-state index < -0.39 is 0 Å². The minimum atomic E-state index is 0.564. The minimum Gasteiger partial charge on any atom is -0.352 e. The zero-order chi connectivity index (χ0) is 9.84. The van der Waals surface area contributed by atoms with E-state index in [4.69, 9.17) is 11.6 Å². The molecular formula is C10H17ClN2. The fourth-order valence-corrected chi connectivity index (χ4v) is 1.44. The summed E-state index contributed by atoms with van der Waals surface area (Å²) in [6.45, 7) is 5.25. The third kappa shape index (κ3) is 3.05. The molecule has 0 saturated heterocycles. The van der Waals surface area contributed by atoms with Crippen LogP contribution in [-0.4, -0.2) is 10.6 Å². The molecule has 0 saturated carbocycles. The van der Waals surface area contributed by atoms with Gasteiger partial charge in [0.15, 0.2) is 0 Å². The van der Waals surface area contributed by atoms with Gasteiger partial charge in [-0.15, -0.1) is 0 Å². The maximum atomic E-state index is 5.87. The summed E-state index contributed by atoms with van der Waals surface area (Å²) in [5.74, 6) is 0. The first-order valence-corrected chi connectivity index (χ1v) is 5.05. The lowest BCUT2D eigenvalue weighted by Crippen LogP contribution is -2.25. The van der Waals surface area contributed by atoms with Crippen LogP contribution in [0.3, 0.4) is 0 Å². The molecule has 1 atom stereocenters. The molecule has 2 nitrogen and oxygen atoms in total. The second-order valence-electron chi connectivity index (χ2n) is 3.45. The molecule has 0 aliphatic heterocycles. The molecule has 0 aliphatic rings. The van der Waals surface area contributed by atoms with Crippen molar-refractivity contribution in [3.05, 3.63) is 23.0 Å². The van der Waals surface area contributed by atoms with E-state index in [9.17, 15) is 0 Å². The molecule has 74 valence electrons. The maximum Gasteiger partial charge on any atom is 0.0585 e. The fourth-order valence-electron chi connectivity index (χ4n) is 1.17. The van der Waals surface area contributed by atoms with Crippen molar-refractivity contribution in [1.82, 2.24) is 9.88 Å². The molecule has 0 amide bonds. The average Bonchev–Trinajstić information content (AvgIpc) is 2.41. The SMILES string of the molecule is CCC(C)NCc1cc(Cl)cn1C. The van der Waals surface area contributed by atoms with Gasteiger partial charge >= 0.3 is 0 Å². The molecule has 1 unspecified atom stereocenters. The molecule has 1 aromatic heterocycles. The molecule has 0 aliphatic carbocycles. The number of rotatable bonds is 4. The van der Waals surface area contributed by atoms with Crippen LogP contribution >= 0.6 is 11.6 Å². The van der Waals surface area contributed by atoms with Gasteiger partial charge < -0.3 is 9.88 Å². The van der Waals surface area contributed by atoms with Gasteiger partial charge in [0.05, 0.1) is 5.02 Å².